The van der Waals surface area contributed by atoms with Crippen LogP contribution in [0.1, 0.15) is 37.8 Å². The Morgan fingerprint density at radius 1 is 1.18 bits per heavy atom. The second-order valence-electron chi connectivity index (χ2n) is 6.97. The Hall–Kier alpha value is -1.89. The lowest BCUT2D eigenvalue weighted by Gasteiger charge is -2.23. The first-order valence-electron chi connectivity index (χ1n) is 9.33. The quantitative estimate of drug-likeness (QED) is 0.660. The van der Waals surface area contributed by atoms with E-state index in [0.29, 0.717) is 5.02 Å². The third-order valence-corrected chi connectivity index (χ3v) is 6.40. The number of amides is 1. The minimum absolute atomic E-state index is 0.00319. The van der Waals surface area contributed by atoms with Crippen molar-refractivity contribution in [3.63, 3.8) is 0 Å². The highest BCUT2D eigenvalue weighted by atomic mass is 35.5. The van der Waals surface area contributed by atoms with Crippen LogP contribution < -0.4 is 5.32 Å². The Balaban J connectivity index is 2.29. The third-order valence-electron chi connectivity index (χ3n) is 4.34. The smallest absolute Gasteiger partial charge is 0.243 e. The minimum Gasteiger partial charge on any atom is -0.353 e. The summed E-state index contributed by atoms with van der Waals surface area (Å²) < 4.78 is 27.6. The molecular formula is C21H27ClN2O3S. The van der Waals surface area contributed by atoms with E-state index in [1.165, 1.54) is 28.6 Å². The summed E-state index contributed by atoms with van der Waals surface area (Å²) in [7, 11) is -3.86. The van der Waals surface area contributed by atoms with E-state index in [2.05, 4.69) is 5.32 Å². The van der Waals surface area contributed by atoms with Gasteiger partial charge in [-0.25, -0.2) is 8.42 Å². The fourth-order valence-electron chi connectivity index (χ4n) is 2.98. The molecule has 0 spiro atoms. The van der Waals surface area contributed by atoms with Gasteiger partial charge >= 0.3 is 0 Å². The molecule has 5 nitrogen and oxygen atoms in total. The van der Waals surface area contributed by atoms with Crippen LogP contribution in [0, 0.1) is 6.92 Å². The summed E-state index contributed by atoms with van der Waals surface area (Å²) in [5, 5.41) is 3.33. The normalized spacial score (nSPS) is 12.8. The molecule has 0 heterocycles. The van der Waals surface area contributed by atoms with Gasteiger partial charge in [-0.05, 0) is 50.1 Å². The second kappa shape index (κ2) is 10.0. The van der Waals surface area contributed by atoms with E-state index in [0.717, 1.165) is 24.0 Å². The highest BCUT2D eigenvalue weighted by molar-refractivity contribution is 7.89. The molecule has 0 aliphatic heterocycles. The number of aryl methyl sites for hydroxylation is 1. The van der Waals surface area contributed by atoms with Gasteiger partial charge in [0.2, 0.25) is 15.9 Å². The summed E-state index contributed by atoms with van der Waals surface area (Å²) in [6.07, 6.45) is 1.78. The number of nitrogens with one attached hydrogen (secondary N) is 1. The molecule has 7 heteroatoms. The van der Waals surface area contributed by atoms with Crippen LogP contribution in [-0.4, -0.2) is 31.2 Å². The van der Waals surface area contributed by atoms with Crippen molar-refractivity contribution < 1.29 is 13.2 Å². The number of carbonyl (C=O) groups is 1. The zero-order valence-corrected chi connectivity index (χ0v) is 18.1. The van der Waals surface area contributed by atoms with Crippen molar-refractivity contribution in [2.75, 3.05) is 6.54 Å². The molecule has 0 saturated heterocycles. The van der Waals surface area contributed by atoms with Crippen molar-refractivity contribution in [1.82, 2.24) is 9.62 Å². The van der Waals surface area contributed by atoms with Gasteiger partial charge in [-0.1, -0.05) is 54.8 Å². The summed E-state index contributed by atoms with van der Waals surface area (Å²) in [5.74, 6) is -0.314. The zero-order chi connectivity index (χ0) is 20.7. The first-order valence-corrected chi connectivity index (χ1v) is 11.1. The average molecular weight is 423 g/mol. The molecule has 0 bridgehead atoms. The summed E-state index contributed by atoms with van der Waals surface area (Å²) >= 11 is 5.89. The van der Waals surface area contributed by atoms with Gasteiger partial charge in [0.15, 0.2) is 0 Å². The molecule has 0 aliphatic rings. The molecule has 0 aliphatic carbocycles. The predicted octanol–water partition coefficient (Wildman–Crippen LogP) is 4.14. The van der Waals surface area contributed by atoms with E-state index in [9.17, 15) is 13.2 Å². The van der Waals surface area contributed by atoms with E-state index in [1.807, 2.05) is 45.0 Å². The van der Waals surface area contributed by atoms with Gasteiger partial charge in [0.05, 0.1) is 11.4 Å². The van der Waals surface area contributed by atoms with E-state index in [-0.39, 0.29) is 29.9 Å². The molecule has 1 amide bonds. The zero-order valence-electron chi connectivity index (χ0n) is 16.5. The van der Waals surface area contributed by atoms with E-state index < -0.39 is 10.0 Å². The highest BCUT2D eigenvalue weighted by Crippen LogP contribution is 2.21. The minimum atomic E-state index is -3.86. The molecule has 2 aromatic rings. The molecule has 1 N–H and O–H groups in total. The largest absolute Gasteiger partial charge is 0.353 e. The maximum atomic E-state index is 13.2. The Bertz CT molecular complexity index is 898. The Kier molecular flexibility index (Phi) is 8.04. The maximum Gasteiger partial charge on any atom is 0.243 e. The molecule has 0 aromatic heterocycles. The molecule has 2 rings (SSSR count). The molecular weight excluding hydrogens is 396 g/mol. The molecule has 0 fully saturated rings. The van der Waals surface area contributed by atoms with Gasteiger partial charge < -0.3 is 5.32 Å². The van der Waals surface area contributed by atoms with E-state index in [4.69, 9.17) is 11.6 Å². The molecule has 1 atom stereocenters. The van der Waals surface area contributed by atoms with Gasteiger partial charge in [-0.2, -0.15) is 4.31 Å². The van der Waals surface area contributed by atoms with Gasteiger partial charge in [-0.3, -0.25) is 4.79 Å². The monoisotopic (exact) mass is 422 g/mol. The fraction of sp³-hybridized carbons (Fsp3) is 0.381. The molecule has 0 unspecified atom stereocenters. The van der Waals surface area contributed by atoms with Crippen molar-refractivity contribution in [2.24, 2.45) is 0 Å². The molecule has 2 aromatic carbocycles. The second-order valence-corrected chi connectivity index (χ2v) is 9.35. The van der Waals surface area contributed by atoms with Crippen molar-refractivity contribution in [2.45, 2.75) is 51.1 Å². The molecule has 152 valence electrons. The van der Waals surface area contributed by atoms with Crippen molar-refractivity contribution in [1.29, 1.82) is 0 Å². The first-order chi connectivity index (χ1) is 13.2. The molecule has 28 heavy (non-hydrogen) atoms. The van der Waals surface area contributed by atoms with Crippen LogP contribution in [0.4, 0.5) is 0 Å². The van der Waals surface area contributed by atoms with Crippen LogP contribution in [0.3, 0.4) is 0 Å². The lowest BCUT2D eigenvalue weighted by molar-refractivity contribution is -0.122. The number of nitrogens with zero attached hydrogens (tertiary/aromatic N) is 1. The van der Waals surface area contributed by atoms with Gasteiger partial charge in [-0.15, -0.1) is 0 Å². The van der Waals surface area contributed by atoms with E-state index in [1.54, 1.807) is 0 Å². The summed E-state index contributed by atoms with van der Waals surface area (Å²) in [6.45, 7) is 5.77. The lowest BCUT2D eigenvalue weighted by Crippen LogP contribution is -2.43. The van der Waals surface area contributed by atoms with Gasteiger partial charge in [0.1, 0.15) is 0 Å². The van der Waals surface area contributed by atoms with Crippen molar-refractivity contribution in [3.8, 4) is 0 Å². The summed E-state index contributed by atoms with van der Waals surface area (Å²) in [6, 6.07) is 13.6. The summed E-state index contributed by atoms with van der Waals surface area (Å²) in [4.78, 5) is 12.6. The number of hydrogen-bond donors (Lipinski definition) is 1. The Morgan fingerprint density at radius 2 is 1.86 bits per heavy atom. The van der Waals surface area contributed by atoms with Crippen molar-refractivity contribution in [3.05, 3.63) is 64.7 Å². The molecule has 0 saturated carbocycles. The van der Waals surface area contributed by atoms with Gasteiger partial charge in [0.25, 0.3) is 0 Å². The average Bonchev–Trinajstić information content (AvgIpc) is 2.61. The van der Waals surface area contributed by atoms with Crippen LogP contribution in [0.25, 0.3) is 0 Å². The fourth-order valence-corrected chi connectivity index (χ4v) is 4.49. The third kappa shape index (κ3) is 6.33. The number of benzene rings is 2. The highest BCUT2D eigenvalue weighted by Gasteiger charge is 2.27. The maximum absolute atomic E-state index is 13.2. The number of rotatable bonds is 9. The number of hydrogen-bond acceptors (Lipinski definition) is 3. The van der Waals surface area contributed by atoms with E-state index >= 15 is 0 Å². The number of halogens is 1. The Labute approximate surface area is 172 Å². The molecule has 0 radical (unpaired) electrons. The van der Waals surface area contributed by atoms with Crippen LogP contribution in [0.15, 0.2) is 53.4 Å². The van der Waals surface area contributed by atoms with Crippen LogP contribution >= 0.6 is 11.6 Å². The van der Waals surface area contributed by atoms with Crippen LogP contribution in [0.2, 0.25) is 5.02 Å². The standard InChI is InChI=1S/C21H27ClN2O3S/c1-4-6-17(3)23-21(25)15-24(14-18-8-5-7-16(2)13-18)28(26,27)20-11-9-19(22)10-12-20/h5,7-13,17H,4,6,14-15H2,1-3H3,(H,23,25)/t17-/m0/s1. The van der Waals surface area contributed by atoms with Crippen molar-refractivity contribution >= 4 is 27.5 Å². The predicted molar refractivity (Wildman–Crippen MR) is 113 cm³/mol. The van der Waals surface area contributed by atoms with Gasteiger partial charge in [0, 0.05) is 17.6 Å². The SMILES string of the molecule is CCC[C@H](C)NC(=O)CN(Cc1cccc(C)c1)S(=O)(=O)c1ccc(Cl)cc1. The number of sulfonamides is 1. The van der Waals surface area contributed by atoms with Crippen LogP contribution in [0.5, 0.6) is 0 Å². The summed E-state index contributed by atoms with van der Waals surface area (Å²) in [5.41, 5.74) is 1.86. The lowest BCUT2D eigenvalue weighted by atomic mass is 10.1. The topological polar surface area (TPSA) is 66.5 Å². The Morgan fingerprint density at radius 3 is 2.46 bits per heavy atom. The number of carbonyl (C=O) groups excluding carboxylic acids is 1. The van der Waals surface area contributed by atoms with Crippen LogP contribution in [-0.2, 0) is 21.4 Å². The first kappa shape index (κ1) is 22.4.